The molecular weight excluding hydrogens is 369 g/mol. The number of rotatable bonds is 5. The summed E-state index contributed by atoms with van der Waals surface area (Å²) in [5.41, 5.74) is 1.48. The van der Waals surface area contributed by atoms with Crippen LogP contribution in [0.25, 0.3) is 0 Å². The van der Waals surface area contributed by atoms with Gasteiger partial charge in [0.2, 0.25) is 0 Å². The molecule has 3 rings (SSSR count). The molecule has 0 atom stereocenters. The first-order chi connectivity index (χ1) is 13.4. The summed E-state index contributed by atoms with van der Waals surface area (Å²) < 4.78 is 43.8. The van der Waals surface area contributed by atoms with Crippen LogP contribution in [-0.4, -0.2) is 49.0 Å². The quantitative estimate of drug-likeness (QED) is 0.776. The topological polar surface area (TPSA) is 32.8 Å². The van der Waals surface area contributed by atoms with Crippen LogP contribution in [0.4, 0.5) is 13.2 Å². The number of ether oxygens (including phenoxy) is 1. The Morgan fingerprint density at radius 3 is 2.43 bits per heavy atom. The molecule has 4 nitrogen and oxygen atoms in total. The number of benzene rings is 2. The van der Waals surface area contributed by atoms with Crippen molar-refractivity contribution in [3.8, 4) is 0 Å². The molecule has 1 saturated heterocycles. The molecule has 1 aliphatic rings. The molecule has 0 radical (unpaired) electrons. The lowest BCUT2D eigenvalue weighted by Crippen LogP contribution is -2.48. The number of methoxy groups -OCH3 is 1. The van der Waals surface area contributed by atoms with Crippen molar-refractivity contribution < 1.29 is 22.7 Å². The van der Waals surface area contributed by atoms with Crippen LogP contribution >= 0.6 is 0 Å². The van der Waals surface area contributed by atoms with Gasteiger partial charge in [-0.15, -0.1) is 0 Å². The maximum absolute atomic E-state index is 12.9. The highest BCUT2D eigenvalue weighted by Gasteiger charge is 2.30. The maximum Gasteiger partial charge on any atom is 0.416 e. The number of nitrogens with zero attached hydrogens (tertiary/aromatic N) is 2. The first kappa shape index (κ1) is 20.4. The molecule has 28 heavy (non-hydrogen) atoms. The zero-order valence-electron chi connectivity index (χ0n) is 15.7. The summed E-state index contributed by atoms with van der Waals surface area (Å²) in [6.07, 6.45) is -4.34. The molecule has 0 bridgehead atoms. The molecule has 150 valence electrons. The number of hydrogen-bond donors (Lipinski definition) is 0. The Morgan fingerprint density at radius 1 is 1.04 bits per heavy atom. The summed E-state index contributed by atoms with van der Waals surface area (Å²) in [5.74, 6) is -0.0358. The smallest absolute Gasteiger partial charge is 0.380 e. The average molecular weight is 392 g/mol. The lowest BCUT2D eigenvalue weighted by Gasteiger charge is -2.35. The van der Waals surface area contributed by atoms with Crippen LogP contribution in [0.5, 0.6) is 0 Å². The van der Waals surface area contributed by atoms with Gasteiger partial charge in [0.05, 0.1) is 12.2 Å². The molecule has 1 fully saturated rings. The van der Waals surface area contributed by atoms with Crippen molar-refractivity contribution in [2.75, 3.05) is 33.3 Å². The lowest BCUT2D eigenvalue weighted by molar-refractivity contribution is -0.137. The number of halogens is 3. The first-order valence-corrected chi connectivity index (χ1v) is 9.13. The molecule has 7 heteroatoms. The summed E-state index contributed by atoms with van der Waals surface area (Å²) >= 11 is 0. The van der Waals surface area contributed by atoms with Crippen molar-refractivity contribution in [1.29, 1.82) is 0 Å². The second-order valence-electron chi connectivity index (χ2n) is 6.86. The molecule has 0 aliphatic carbocycles. The summed E-state index contributed by atoms with van der Waals surface area (Å²) in [5, 5.41) is 0. The van der Waals surface area contributed by atoms with Crippen LogP contribution in [0.15, 0.2) is 48.5 Å². The highest BCUT2D eigenvalue weighted by atomic mass is 19.4. The van der Waals surface area contributed by atoms with Gasteiger partial charge in [0, 0.05) is 45.4 Å². The first-order valence-electron chi connectivity index (χ1n) is 9.13. The number of hydrogen-bond acceptors (Lipinski definition) is 3. The standard InChI is InChI=1S/C21H23F3N2O2/c1-28-15-17-6-2-3-8-19(17)20(27)26-11-9-25(10-12-26)14-16-5-4-7-18(13-16)21(22,23)24/h2-8,13H,9-12,14-15H2,1H3. The third-order valence-electron chi connectivity index (χ3n) is 4.87. The van der Waals surface area contributed by atoms with Gasteiger partial charge in [-0.05, 0) is 23.3 Å². The third kappa shape index (κ3) is 4.91. The number of carbonyl (C=O) groups excluding carboxylic acids is 1. The van der Waals surface area contributed by atoms with E-state index in [4.69, 9.17) is 4.74 Å². The van der Waals surface area contributed by atoms with E-state index in [0.717, 1.165) is 11.6 Å². The van der Waals surface area contributed by atoms with E-state index in [1.54, 1.807) is 24.1 Å². The van der Waals surface area contributed by atoms with Gasteiger partial charge in [-0.1, -0.05) is 36.4 Å². The van der Waals surface area contributed by atoms with Gasteiger partial charge in [-0.2, -0.15) is 13.2 Å². The molecule has 2 aromatic rings. The van der Waals surface area contributed by atoms with Gasteiger partial charge in [0.15, 0.2) is 0 Å². The van der Waals surface area contributed by atoms with Gasteiger partial charge in [0.25, 0.3) is 5.91 Å². The highest BCUT2D eigenvalue weighted by molar-refractivity contribution is 5.95. The van der Waals surface area contributed by atoms with Crippen molar-refractivity contribution in [3.05, 3.63) is 70.8 Å². The lowest BCUT2D eigenvalue weighted by atomic mass is 10.1. The molecule has 0 aromatic heterocycles. The van der Waals surface area contributed by atoms with E-state index >= 15 is 0 Å². The SMILES string of the molecule is COCc1ccccc1C(=O)N1CCN(Cc2cccc(C(F)(F)F)c2)CC1. The third-order valence-corrected chi connectivity index (χ3v) is 4.87. The van der Waals surface area contributed by atoms with E-state index in [0.29, 0.717) is 50.5 Å². The van der Waals surface area contributed by atoms with Crippen molar-refractivity contribution >= 4 is 5.91 Å². The van der Waals surface area contributed by atoms with E-state index in [-0.39, 0.29) is 5.91 Å². The maximum atomic E-state index is 12.9. The van der Waals surface area contributed by atoms with Crippen LogP contribution in [-0.2, 0) is 24.1 Å². The number of amides is 1. The summed E-state index contributed by atoms with van der Waals surface area (Å²) in [4.78, 5) is 16.7. The van der Waals surface area contributed by atoms with Crippen LogP contribution in [0, 0.1) is 0 Å². The van der Waals surface area contributed by atoms with E-state index in [2.05, 4.69) is 4.90 Å². The number of alkyl halides is 3. The fourth-order valence-corrected chi connectivity index (χ4v) is 3.39. The summed E-state index contributed by atoms with van der Waals surface area (Å²) in [6.45, 7) is 3.13. The van der Waals surface area contributed by atoms with E-state index in [9.17, 15) is 18.0 Å². The van der Waals surface area contributed by atoms with Crippen LogP contribution in [0.1, 0.15) is 27.0 Å². The second kappa shape index (κ2) is 8.75. The summed E-state index contributed by atoms with van der Waals surface area (Å²) in [7, 11) is 1.59. The average Bonchev–Trinajstić information content (AvgIpc) is 2.68. The fourth-order valence-electron chi connectivity index (χ4n) is 3.39. The second-order valence-corrected chi connectivity index (χ2v) is 6.86. The minimum Gasteiger partial charge on any atom is -0.380 e. The van der Waals surface area contributed by atoms with Crippen molar-refractivity contribution in [2.45, 2.75) is 19.3 Å². The van der Waals surface area contributed by atoms with Gasteiger partial charge in [-0.25, -0.2) is 0 Å². The summed E-state index contributed by atoms with van der Waals surface area (Å²) in [6, 6.07) is 12.8. The Bertz CT molecular complexity index is 815. The van der Waals surface area contributed by atoms with E-state index < -0.39 is 11.7 Å². The van der Waals surface area contributed by atoms with Crippen LogP contribution in [0.3, 0.4) is 0 Å². The fraction of sp³-hybridized carbons (Fsp3) is 0.381. The molecule has 0 N–H and O–H groups in total. The predicted octanol–water partition coefficient (Wildman–Crippen LogP) is 3.81. The Balaban J connectivity index is 1.60. The van der Waals surface area contributed by atoms with Gasteiger partial charge in [-0.3, -0.25) is 9.69 Å². The Kier molecular flexibility index (Phi) is 6.36. The van der Waals surface area contributed by atoms with Crippen molar-refractivity contribution in [2.24, 2.45) is 0 Å². The van der Waals surface area contributed by atoms with Crippen molar-refractivity contribution in [1.82, 2.24) is 9.80 Å². The monoisotopic (exact) mass is 392 g/mol. The zero-order valence-corrected chi connectivity index (χ0v) is 15.7. The molecule has 0 saturated carbocycles. The minimum atomic E-state index is -4.34. The molecule has 1 amide bonds. The minimum absolute atomic E-state index is 0.0358. The Labute approximate surface area is 162 Å². The Hall–Kier alpha value is -2.38. The van der Waals surface area contributed by atoms with Gasteiger partial charge >= 0.3 is 6.18 Å². The molecule has 0 unspecified atom stereocenters. The van der Waals surface area contributed by atoms with E-state index in [1.165, 1.54) is 12.1 Å². The van der Waals surface area contributed by atoms with Gasteiger partial charge in [0.1, 0.15) is 0 Å². The van der Waals surface area contributed by atoms with Gasteiger partial charge < -0.3 is 9.64 Å². The van der Waals surface area contributed by atoms with E-state index in [1.807, 2.05) is 18.2 Å². The molecular formula is C21H23F3N2O2. The Morgan fingerprint density at radius 2 is 1.75 bits per heavy atom. The van der Waals surface area contributed by atoms with Crippen molar-refractivity contribution in [3.63, 3.8) is 0 Å². The van der Waals surface area contributed by atoms with Crippen LogP contribution < -0.4 is 0 Å². The molecule has 0 spiro atoms. The molecule has 2 aromatic carbocycles. The normalized spacial score (nSPS) is 15.6. The highest BCUT2D eigenvalue weighted by Crippen LogP contribution is 2.29. The van der Waals surface area contributed by atoms with Crippen LogP contribution in [0.2, 0.25) is 0 Å². The predicted molar refractivity (Wildman–Crippen MR) is 99.8 cm³/mol. The largest absolute Gasteiger partial charge is 0.416 e. The zero-order chi connectivity index (χ0) is 20.1. The number of carbonyl (C=O) groups is 1. The molecule has 1 heterocycles. The molecule has 1 aliphatic heterocycles. The number of piperazine rings is 1.